The Hall–Kier alpha value is -4.45. The molecule has 1 fully saturated rings. The van der Waals surface area contributed by atoms with Gasteiger partial charge in [-0.2, -0.15) is 0 Å². The molecule has 1 amide bonds. The monoisotopic (exact) mass is 569 g/mol. The van der Waals surface area contributed by atoms with E-state index < -0.39 is 0 Å². The third kappa shape index (κ3) is 7.31. The molecule has 218 valence electrons. The maximum absolute atomic E-state index is 13.0. The topological polar surface area (TPSA) is 48.7 Å². The zero-order valence-corrected chi connectivity index (χ0v) is 24.5. The number of nitrogens with zero attached hydrogens (tertiary/aromatic N) is 2. The van der Waals surface area contributed by atoms with Gasteiger partial charge in [0.25, 0.3) is 5.91 Å². The molecular weight excluding hydrogens is 530 g/mol. The van der Waals surface area contributed by atoms with Crippen LogP contribution in [0.1, 0.15) is 56.9 Å². The van der Waals surface area contributed by atoms with Gasteiger partial charge in [-0.25, -0.2) is 0 Å². The summed E-state index contributed by atoms with van der Waals surface area (Å²) in [5, 5.41) is 3.08. The molecule has 1 N–H and O–H groups in total. The summed E-state index contributed by atoms with van der Waals surface area (Å²) < 4.78 is 6.02. The van der Waals surface area contributed by atoms with E-state index in [0.717, 1.165) is 38.4 Å². The molecule has 0 aliphatic carbocycles. The molecule has 5 heteroatoms. The molecule has 4 aromatic carbocycles. The molecule has 2 heterocycles. The first-order valence-electron chi connectivity index (χ1n) is 15.3. The van der Waals surface area contributed by atoms with Crippen LogP contribution in [-0.4, -0.2) is 48.4 Å². The smallest absolute Gasteiger partial charge is 0.286 e. The highest BCUT2D eigenvalue weighted by atomic mass is 16.4. The van der Waals surface area contributed by atoms with Crippen LogP contribution in [-0.2, 0) is 6.54 Å². The second-order valence-electron chi connectivity index (χ2n) is 11.2. The number of furan rings is 1. The van der Waals surface area contributed by atoms with Crippen LogP contribution in [0.15, 0.2) is 138 Å². The normalized spacial score (nSPS) is 14.3. The standard InChI is InChI=1S/C38H39N3O2/c42-38(39-24-23-35(30-13-5-1-6-14-30)31-15-7-2-8-16-31)36-22-21-34(43-36)29-40-25-27-41(28-26-40)37(32-17-9-3-10-18-32)33-19-11-4-12-20-33/h1-22,35,37H,23-29H2,(H,39,42). The Balaban J connectivity index is 1.02. The first kappa shape index (κ1) is 28.7. The van der Waals surface area contributed by atoms with Gasteiger partial charge in [0.2, 0.25) is 0 Å². The van der Waals surface area contributed by atoms with Crippen LogP contribution >= 0.6 is 0 Å². The van der Waals surface area contributed by atoms with Crippen molar-refractivity contribution in [1.29, 1.82) is 0 Å². The molecule has 6 rings (SSSR count). The second kappa shape index (κ2) is 14.1. The van der Waals surface area contributed by atoms with Crippen molar-refractivity contribution in [3.8, 4) is 0 Å². The number of piperazine rings is 1. The predicted octanol–water partition coefficient (Wildman–Crippen LogP) is 7.14. The van der Waals surface area contributed by atoms with Crippen molar-refractivity contribution in [3.05, 3.63) is 167 Å². The zero-order chi connectivity index (χ0) is 29.3. The van der Waals surface area contributed by atoms with E-state index in [0.29, 0.717) is 18.8 Å². The molecule has 5 aromatic rings. The number of carbonyl (C=O) groups is 1. The first-order valence-corrected chi connectivity index (χ1v) is 15.3. The van der Waals surface area contributed by atoms with Crippen LogP contribution < -0.4 is 5.32 Å². The summed E-state index contributed by atoms with van der Waals surface area (Å²) in [4.78, 5) is 17.9. The number of carbonyl (C=O) groups excluding carboxylic acids is 1. The minimum absolute atomic E-state index is 0.162. The lowest BCUT2D eigenvalue weighted by Crippen LogP contribution is -2.47. The molecule has 0 unspecified atom stereocenters. The van der Waals surface area contributed by atoms with Gasteiger partial charge in [-0.1, -0.05) is 121 Å². The van der Waals surface area contributed by atoms with Crippen molar-refractivity contribution in [2.75, 3.05) is 32.7 Å². The van der Waals surface area contributed by atoms with Crippen molar-refractivity contribution in [2.24, 2.45) is 0 Å². The van der Waals surface area contributed by atoms with Crippen molar-refractivity contribution >= 4 is 5.91 Å². The average molecular weight is 570 g/mol. The van der Waals surface area contributed by atoms with E-state index in [9.17, 15) is 4.79 Å². The van der Waals surface area contributed by atoms with Crippen LogP contribution in [0.5, 0.6) is 0 Å². The predicted molar refractivity (Wildman–Crippen MR) is 172 cm³/mol. The Labute approximate surface area is 254 Å². The van der Waals surface area contributed by atoms with Crippen LogP contribution in [0.3, 0.4) is 0 Å². The molecule has 0 spiro atoms. The molecule has 0 bridgehead atoms. The molecule has 0 saturated carbocycles. The maximum Gasteiger partial charge on any atom is 0.286 e. The number of hydrogen-bond donors (Lipinski definition) is 1. The van der Waals surface area contributed by atoms with E-state index in [1.807, 2.05) is 18.2 Å². The fourth-order valence-electron chi connectivity index (χ4n) is 6.18. The quantitative estimate of drug-likeness (QED) is 0.184. The Morgan fingerprint density at radius 2 is 1.12 bits per heavy atom. The third-order valence-electron chi connectivity index (χ3n) is 8.39. The molecule has 1 aliphatic rings. The number of amides is 1. The molecule has 1 aliphatic heterocycles. The van der Waals surface area contributed by atoms with Crippen molar-refractivity contribution in [1.82, 2.24) is 15.1 Å². The van der Waals surface area contributed by atoms with Gasteiger partial charge in [0.05, 0.1) is 12.6 Å². The van der Waals surface area contributed by atoms with Gasteiger partial charge in [0, 0.05) is 38.6 Å². The lowest BCUT2D eigenvalue weighted by Gasteiger charge is -2.39. The maximum atomic E-state index is 13.0. The van der Waals surface area contributed by atoms with E-state index in [2.05, 4.69) is 124 Å². The van der Waals surface area contributed by atoms with Gasteiger partial charge in [-0.3, -0.25) is 14.6 Å². The van der Waals surface area contributed by atoms with Crippen molar-refractivity contribution in [3.63, 3.8) is 0 Å². The van der Waals surface area contributed by atoms with Gasteiger partial charge in [-0.05, 0) is 40.8 Å². The average Bonchev–Trinajstić information content (AvgIpc) is 3.54. The van der Waals surface area contributed by atoms with E-state index in [1.165, 1.54) is 22.3 Å². The largest absolute Gasteiger partial charge is 0.455 e. The first-order chi connectivity index (χ1) is 21.2. The van der Waals surface area contributed by atoms with E-state index in [-0.39, 0.29) is 17.9 Å². The van der Waals surface area contributed by atoms with Gasteiger partial charge in [-0.15, -0.1) is 0 Å². The highest BCUT2D eigenvalue weighted by Crippen LogP contribution is 2.30. The summed E-state index contributed by atoms with van der Waals surface area (Å²) in [5.74, 6) is 1.26. The SMILES string of the molecule is O=C(NCCC(c1ccccc1)c1ccccc1)c1ccc(CN2CCN(C(c3ccccc3)c3ccccc3)CC2)o1. The number of rotatable bonds is 11. The minimum Gasteiger partial charge on any atom is -0.455 e. The van der Waals surface area contributed by atoms with Crippen LogP contribution in [0.4, 0.5) is 0 Å². The summed E-state index contributed by atoms with van der Waals surface area (Å²) >= 11 is 0. The summed E-state index contributed by atoms with van der Waals surface area (Å²) in [6.07, 6.45) is 0.810. The lowest BCUT2D eigenvalue weighted by atomic mass is 9.88. The number of hydrogen-bond acceptors (Lipinski definition) is 4. The zero-order valence-electron chi connectivity index (χ0n) is 24.5. The summed E-state index contributed by atoms with van der Waals surface area (Å²) in [5.41, 5.74) is 5.15. The van der Waals surface area contributed by atoms with E-state index >= 15 is 0 Å². The van der Waals surface area contributed by atoms with Gasteiger partial charge in [0.15, 0.2) is 5.76 Å². The molecule has 0 atom stereocenters. The van der Waals surface area contributed by atoms with Crippen LogP contribution in [0.25, 0.3) is 0 Å². The van der Waals surface area contributed by atoms with E-state index in [4.69, 9.17) is 4.42 Å². The number of nitrogens with one attached hydrogen (secondary N) is 1. The highest BCUT2D eigenvalue weighted by molar-refractivity contribution is 5.91. The van der Waals surface area contributed by atoms with E-state index in [1.54, 1.807) is 6.07 Å². The number of benzene rings is 4. The molecule has 43 heavy (non-hydrogen) atoms. The summed E-state index contributed by atoms with van der Waals surface area (Å²) in [7, 11) is 0. The molecule has 0 radical (unpaired) electrons. The van der Waals surface area contributed by atoms with Crippen molar-refractivity contribution in [2.45, 2.75) is 24.9 Å². The molecule has 1 aromatic heterocycles. The lowest BCUT2D eigenvalue weighted by molar-refractivity contribution is 0.0902. The second-order valence-corrected chi connectivity index (χ2v) is 11.2. The van der Waals surface area contributed by atoms with Gasteiger partial charge >= 0.3 is 0 Å². The highest BCUT2D eigenvalue weighted by Gasteiger charge is 2.27. The van der Waals surface area contributed by atoms with Crippen LogP contribution in [0, 0.1) is 0 Å². The van der Waals surface area contributed by atoms with Crippen LogP contribution in [0.2, 0.25) is 0 Å². The Kier molecular flexibility index (Phi) is 9.43. The molecule has 1 saturated heterocycles. The van der Waals surface area contributed by atoms with Crippen molar-refractivity contribution < 1.29 is 9.21 Å². The Morgan fingerprint density at radius 3 is 1.63 bits per heavy atom. The molecular formula is C38H39N3O2. The summed E-state index contributed by atoms with van der Waals surface area (Å²) in [6, 6.07) is 46.5. The van der Waals surface area contributed by atoms with Gasteiger partial charge < -0.3 is 9.73 Å². The molecule has 5 nitrogen and oxygen atoms in total. The fraction of sp³-hybridized carbons (Fsp3) is 0.237. The summed E-state index contributed by atoms with van der Waals surface area (Å²) in [6.45, 7) is 5.08. The Bertz CT molecular complexity index is 1470. The fourth-order valence-corrected chi connectivity index (χ4v) is 6.18. The minimum atomic E-state index is -0.162. The Morgan fingerprint density at radius 1 is 0.628 bits per heavy atom. The van der Waals surface area contributed by atoms with Gasteiger partial charge in [0.1, 0.15) is 5.76 Å². The third-order valence-corrected chi connectivity index (χ3v) is 8.39.